The molecule has 0 radical (unpaired) electrons. The van der Waals surface area contributed by atoms with Crippen LogP contribution in [-0.4, -0.2) is 54.1 Å². The summed E-state index contributed by atoms with van der Waals surface area (Å²) in [5.74, 6) is -1.63. The summed E-state index contributed by atoms with van der Waals surface area (Å²) >= 11 is 0. The van der Waals surface area contributed by atoms with Crippen molar-refractivity contribution in [1.29, 1.82) is 0 Å². The number of aliphatic carboxylic acids is 1. The average molecular weight is 306 g/mol. The van der Waals surface area contributed by atoms with E-state index >= 15 is 0 Å². The highest BCUT2D eigenvalue weighted by atomic mass is 16.5. The molecule has 1 saturated heterocycles. The molecule has 2 N–H and O–H groups in total. The minimum absolute atomic E-state index is 0.130. The zero-order valence-electron chi connectivity index (χ0n) is 12.1. The fraction of sp³-hybridized carbons (Fsp3) is 0.400. The Kier molecular flexibility index (Phi) is 5.48. The lowest BCUT2D eigenvalue weighted by Gasteiger charge is -2.27. The van der Waals surface area contributed by atoms with Crippen molar-refractivity contribution in [2.75, 3.05) is 31.6 Å². The number of anilines is 1. The largest absolute Gasteiger partial charge is 0.481 e. The van der Waals surface area contributed by atoms with Crippen LogP contribution in [0.2, 0.25) is 0 Å². The van der Waals surface area contributed by atoms with Crippen molar-refractivity contribution < 1.29 is 24.2 Å². The molecule has 7 heteroatoms. The van der Waals surface area contributed by atoms with Crippen molar-refractivity contribution in [2.24, 2.45) is 0 Å². The van der Waals surface area contributed by atoms with Gasteiger partial charge in [-0.15, -0.1) is 0 Å². The van der Waals surface area contributed by atoms with Gasteiger partial charge in [0, 0.05) is 19.5 Å². The number of carbonyl (C=O) groups is 3. The van der Waals surface area contributed by atoms with Gasteiger partial charge in [0.1, 0.15) is 0 Å². The van der Waals surface area contributed by atoms with Gasteiger partial charge in [-0.25, -0.2) is 0 Å². The van der Waals surface area contributed by atoms with Crippen LogP contribution in [0, 0.1) is 0 Å². The molecule has 0 aliphatic carbocycles. The third-order valence-corrected chi connectivity index (χ3v) is 3.30. The minimum Gasteiger partial charge on any atom is -0.481 e. The second-order valence-corrected chi connectivity index (χ2v) is 4.89. The van der Waals surface area contributed by atoms with E-state index in [1.165, 1.54) is 0 Å². The van der Waals surface area contributed by atoms with Crippen molar-refractivity contribution in [2.45, 2.75) is 12.8 Å². The van der Waals surface area contributed by atoms with Crippen molar-refractivity contribution in [1.82, 2.24) is 4.90 Å². The van der Waals surface area contributed by atoms with E-state index in [4.69, 9.17) is 9.84 Å². The summed E-state index contributed by atoms with van der Waals surface area (Å²) in [5.41, 5.74) is 0.794. The number of rotatable bonds is 5. The topological polar surface area (TPSA) is 95.9 Å². The quantitative estimate of drug-likeness (QED) is 0.845. The van der Waals surface area contributed by atoms with E-state index in [2.05, 4.69) is 5.32 Å². The molecule has 2 rings (SSSR count). The summed E-state index contributed by atoms with van der Waals surface area (Å²) in [6.07, 6.45) is -0.374. The number of morpholine rings is 1. The number of ether oxygens (including phenoxy) is 1. The number of nitrogens with one attached hydrogen (secondary N) is 1. The van der Waals surface area contributed by atoms with E-state index < -0.39 is 11.9 Å². The number of para-hydroxylation sites is 1. The molecule has 1 aliphatic heterocycles. The lowest BCUT2D eigenvalue weighted by molar-refractivity contribution is -0.138. The Balaban J connectivity index is 2.07. The molecule has 0 bridgehead atoms. The molecular formula is C15H18N2O5. The molecule has 1 aromatic rings. The molecule has 1 heterocycles. The second kappa shape index (κ2) is 7.56. The van der Waals surface area contributed by atoms with E-state index in [0.717, 1.165) is 0 Å². The van der Waals surface area contributed by atoms with Crippen molar-refractivity contribution in [3.05, 3.63) is 29.8 Å². The first-order chi connectivity index (χ1) is 10.6. The van der Waals surface area contributed by atoms with Gasteiger partial charge in [0.2, 0.25) is 5.91 Å². The van der Waals surface area contributed by atoms with Gasteiger partial charge in [-0.3, -0.25) is 14.4 Å². The smallest absolute Gasteiger partial charge is 0.303 e. The third kappa shape index (κ3) is 4.29. The molecule has 2 amide bonds. The number of carbonyl (C=O) groups excluding carboxylic acids is 2. The second-order valence-electron chi connectivity index (χ2n) is 4.89. The van der Waals surface area contributed by atoms with E-state index in [9.17, 15) is 14.4 Å². The molecule has 1 fully saturated rings. The lowest BCUT2D eigenvalue weighted by atomic mass is 10.1. The molecule has 0 atom stereocenters. The van der Waals surface area contributed by atoms with Crippen LogP contribution < -0.4 is 5.32 Å². The number of hydrogen-bond acceptors (Lipinski definition) is 4. The van der Waals surface area contributed by atoms with Crippen LogP contribution in [0.4, 0.5) is 5.69 Å². The van der Waals surface area contributed by atoms with Crippen LogP contribution in [0.25, 0.3) is 0 Å². The van der Waals surface area contributed by atoms with Crippen LogP contribution >= 0.6 is 0 Å². The van der Waals surface area contributed by atoms with Crippen molar-refractivity contribution >= 4 is 23.5 Å². The van der Waals surface area contributed by atoms with Crippen molar-refractivity contribution in [3.8, 4) is 0 Å². The molecular weight excluding hydrogens is 288 g/mol. The Morgan fingerprint density at radius 2 is 1.82 bits per heavy atom. The van der Waals surface area contributed by atoms with Crippen LogP contribution in [0.3, 0.4) is 0 Å². The monoisotopic (exact) mass is 306 g/mol. The number of hydrogen-bond donors (Lipinski definition) is 2. The van der Waals surface area contributed by atoms with Gasteiger partial charge in [-0.1, -0.05) is 12.1 Å². The zero-order valence-corrected chi connectivity index (χ0v) is 12.1. The molecule has 1 aliphatic rings. The van der Waals surface area contributed by atoms with Gasteiger partial charge >= 0.3 is 5.97 Å². The number of benzene rings is 1. The highest BCUT2D eigenvalue weighted by Crippen LogP contribution is 2.18. The summed E-state index contributed by atoms with van der Waals surface area (Å²) < 4.78 is 5.22. The maximum Gasteiger partial charge on any atom is 0.303 e. The summed E-state index contributed by atoms with van der Waals surface area (Å²) in [7, 11) is 0. The number of carboxylic acid groups (broad SMARTS) is 1. The zero-order chi connectivity index (χ0) is 15.9. The highest BCUT2D eigenvalue weighted by Gasteiger charge is 2.21. The molecule has 1 aromatic carbocycles. The first-order valence-corrected chi connectivity index (χ1v) is 7.05. The molecule has 22 heavy (non-hydrogen) atoms. The fourth-order valence-electron chi connectivity index (χ4n) is 2.15. The van der Waals surface area contributed by atoms with Gasteiger partial charge < -0.3 is 20.1 Å². The molecule has 0 spiro atoms. The van der Waals surface area contributed by atoms with Crippen LogP contribution in [0.1, 0.15) is 23.2 Å². The Morgan fingerprint density at radius 3 is 2.50 bits per heavy atom. The standard InChI is InChI=1S/C15H18N2O5/c18-13(5-6-14(19)20)16-12-4-2-1-3-11(12)15(21)17-7-9-22-10-8-17/h1-4H,5-10H2,(H,16,18)(H,19,20). The highest BCUT2D eigenvalue weighted by molar-refractivity contribution is 6.04. The third-order valence-electron chi connectivity index (χ3n) is 3.30. The van der Waals surface area contributed by atoms with E-state index in [1.54, 1.807) is 29.2 Å². The van der Waals surface area contributed by atoms with E-state index in [1.807, 2.05) is 0 Å². The van der Waals surface area contributed by atoms with Gasteiger partial charge in [0.05, 0.1) is 30.9 Å². The number of amides is 2. The van der Waals surface area contributed by atoms with E-state index in [-0.39, 0.29) is 18.7 Å². The summed E-state index contributed by atoms with van der Waals surface area (Å²) in [4.78, 5) is 36.4. The first-order valence-electron chi connectivity index (χ1n) is 7.05. The maximum absolute atomic E-state index is 12.5. The lowest BCUT2D eigenvalue weighted by Crippen LogP contribution is -2.41. The predicted octanol–water partition coefficient (Wildman–Crippen LogP) is 0.962. The average Bonchev–Trinajstić information content (AvgIpc) is 2.53. The normalized spacial score (nSPS) is 14.5. The minimum atomic E-state index is -1.03. The first kappa shape index (κ1) is 16.0. The Labute approximate surface area is 127 Å². The number of nitrogens with zero attached hydrogens (tertiary/aromatic N) is 1. The molecule has 118 valence electrons. The molecule has 7 nitrogen and oxygen atoms in total. The van der Waals surface area contributed by atoms with Crippen LogP contribution in [-0.2, 0) is 14.3 Å². The molecule has 0 saturated carbocycles. The van der Waals surface area contributed by atoms with Crippen LogP contribution in [0.5, 0.6) is 0 Å². The van der Waals surface area contributed by atoms with Crippen LogP contribution in [0.15, 0.2) is 24.3 Å². The summed E-state index contributed by atoms with van der Waals surface area (Å²) in [6.45, 7) is 2.03. The predicted molar refractivity (Wildman–Crippen MR) is 78.7 cm³/mol. The molecule has 0 aromatic heterocycles. The maximum atomic E-state index is 12.5. The summed E-state index contributed by atoms with van der Waals surface area (Å²) in [5, 5.41) is 11.2. The van der Waals surface area contributed by atoms with Crippen molar-refractivity contribution in [3.63, 3.8) is 0 Å². The fourth-order valence-corrected chi connectivity index (χ4v) is 2.15. The SMILES string of the molecule is O=C(O)CCC(=O)Nc1ccccc1C(=O)N1CCOCC1. The van der Waals surface area contributed by atoms with E-state index in [0.29, 0.717) is 37.6 Å². The van der Waals surface area contributed by atoms with Gasteiger partial charge in [0.15, 0.2) is 0 Å². The van der Waals surface area contributed by atoms with Gasteiger partial charge in [-0.2, -0.15) is 0 Å². The van der Waals surface area contributed by atoms with Gasteiger partial charge in [-0.05, 0) is 12.1 Å². The number of carboxylic acids is 1. The Hall–Kier alpha value is -2.41. The Morgan fingerprint density at radius 1 is 1.14 bits per heavy atom. The summed E-state index contributed by atoms with van der Waals surface area (Å²) in [6, 6.07) is 6.71. The molecule has 0 unspecified atom stereocenters. The van der Waals surface area contributed by atoms with Gasteiger partial charge in [0.25, 0.3) is 5.91 Å². The Bertz CT molecular complexity index is 567.